The van der Waals surface area contributed by atoms with Gasteiger partial charge >= 0.3 is 0 Å². The average molecular weight is 231 g/mol. The van der Waals surface area contributed by atoms with Crippen LogP contribution in [0.15, 0.2) is 0 Å². The van der Waals surface area contributed by atoms with Gasteiger partial charge in [-0.15, -0.1) is 0 Å². The molecular weight excluding hydrogens is 210 g/mol. The van der Waals surface area contributed by atoms with E-state index in [2.05, 4.69) is 9.03 Å². The van der Waals surface area contributed by atoms with Crippen molar-refractivity contribution in [2.75, 3.05) is 26.3 Å². The van der Waals surface area contributed by atoms with Crippen LogP contribution in [-0.2, 0) is 4.74 Å². The van der Waals surface area contributed by atoms with Crippen molar-refractivity contribution in [3.8, 4) is 0 Å². The molecule has 2 saturated heterocycles. The average Bonchev–Trinajstić information content (AvgIpc) is 2.30. The number of hydrogen-bond acceptors (Lipinski definition) is 5. The van der Waals surface area contributed by atoms with Crippen molar-refractivity contribution in [2.24, 2.45) is 5.73 Å². The molecule has 0 aromatic heterocycles. The molecule has 0 aromatic carbocycles. The molecule has 0 atom stereocenters. The van der Waals surface area contributed by atoms with Crippen LogP contribution >= 0.6 is 12.1 Å². The van der Waals surface area contributed by atoms with Crippen molar-refractivity contribution < 1.29 is 4.74 Å². The van der Waals surface area contributed by atoms with Crippen LogP contribution in [0.1, 0.15) is 25.7 Å². The molecule has 2 heterocycles. The number of hydrogen-bond donors (Lipinski definition) is 2. The van der Waals surface area contributed by atoms with Crippen LogP contribution in [0, 0.1) is 0 Å². The predicted octanol–water partition coefficient (Wildman–Crippen LogP) is 0.741. The zero-order chi connectivity index (χ0) is 10.5. The normalized spacial score (nSPS) is 27.0. The maximum absolute atomic E-state index is 5.86. The third-order valence-corrected chi connectivity index (χ3v) is 4.13. The molecule has 5 heteroatoms. The van der Waals surface area contributed by atoms with Crippen molar-refractivity contribution in [3.63, 3.8) is 0 Å². The van der Waals surface area contributed by atoms with Gasteiger partial charge in [0.05, 0.1) is 0 Å². The number of nitrogens with zero attached hydrogens (tertiary/aromatic N) is 1. The predicted molar refractivity (Wildman–Crippen MR) is 63.4 cm³/mol. The number of nitrogens with one attached hydrogen (secondary N) is 1. The summed E-state index contributed by atoms with van der Waals surface area (Å²) in [4.78, 5) is 0. The molecule has 0 unspecified atom stereocenters. The van der Waals surface area contributed by atoms with Gasteiger partial charge in [-0.1, -0.05) is 0 Å². The van der Waals surface area contributed by atoms with Crippen LogP contribution in [0.5, 0.6) is 0 Å². The Kier molecular flexibility index (Phi) is 4.71. The summed E-state index contributed by atoms with van der Waals surface area (Å²) < 4.78 is 11.2. The number of ether oxygens (including phenoxy) is 1. The topological polar surface area (TPSA) is 50.5 Å². The maximum Gasteiger partial charge on any atom is 0.0481 e. The van der Waals surface area contributed by atoms with Crippen molar-refractivity contribution >= 4 is 12.1 Å². The van der Waals surface area contributed by atoms with E-state index in [0.29, 0.717) is 12.1 Å². The van der Waals surface area contributed by atoms with Crippen LogP contribution in [0.3, 0.4) is 0 Å². The van der Waals surface area contributed by atoms with Gasteiger partial charge in [0, 0.05) is 50.5 Å². The third kappa shape index (κ3) is 3.92. The monoisotopic (exact) mass is 231 g/mol. The fraction of sp³-hybridized carbons (Fsp3) is 1.00. The standard InChI is InChI=1S/C10H21N3OS/c11-9-1-5-13(6-2-9)15-12-10-3-7-14-8-4-10/h9-10,12H,1-8,11H2. The Morgan fingerprint density at radius 3 is 2.47 bits per heavy atom. The second kappa shape index (κ2) is 6.06. The van der Waals surface area contributed by atoms with Gasteiger partial charge in [0.25, 0.3) is 0 Å². The van der Waals surface area contributed by atoms with Crippen molar-refractivity contribution in [3.05, 3.63) is 0 Å². The fourth-order valence-electron chi connectivity index (χ4n) is 1.93. The second-order valence-electron chi connectivity index (χ2n) is 4.36. The zero-order valence-corrected chi connectivity index (χ0v) is 9.97. The highest BCUT2D eigenvalue weighted by molar-refractivity contribution is 7.95. The van der Waals surface area contributed by atoms with Crippen LogP contribution in [0.25, 0.3) is 0 Å². The van der Waals surface area contributed by atoms with E-state index in [1.54, 1.807) is 12.1 Å². The second-order valence-corrected chi connectivity index (χ2v) is 5.30. The quantitative estimate of drug-likeness (QED) is 0.702. The van der Waals surface area contributed by atoms with E-state index in [9.17, 15) is 0 Å². The lowest BCUT2D eigenvalue weighted by molar-refractivity contribution is 0.0835. The lowest BCUT2D eigenvalue weighted by atomic mass is 10.1. The van der Waals surface area contributed by atoms with E-state index in [-0.39, 0.29) is 0 Å². The molecular formula is C10H21N3OS. The van der Waals surface area contributed by atoms with Gasteiger partial charge in [0.15, 0.2) is 0 Å². The highest BCUT2D eigenvalue weighted by Gasteiger charge is 2.19. The van der Waals surface area contributed by atoms with Gasteiger partial charge in [-0.3, -0.25) is 0 Å². The summed E-state index contributed by atoms with van der Waals surface area (Å²) in [7, 11) is 0. The fourth-order valence-corrected chi connectivity index (χ4v) is 2.86. The maximum atomic E-state index is 5.86. The minimum atomic E-state index is 0.421. The Bertz CT molecular complexity index is 180. The molecule has 0 radical (unpaired) electrons. The molecule has 0 spiro atoms. The molecule has 4 nitrogen and oxygen atoms in total. The summed E-state index contributed by atoms with van der Waals surface area (Å²) in [6.07, 6.45) is 4.53. The van der Waals surface area contributed by atoms with Gasteiger partial charge in [-0.05, 0) is 25.7 Å². The van der Waals surface area contributed by atoms with Gasteiger partial charge in [-0.2, -0.15) is 0 Å². The first-order valence-corrected chi connectivity index (χ1v) is 6.62. The largest absolute Gasteiger partial charge is 0.381 e. The van der Waals surface area contributed by atoms with Gasteiger partial charge in [0.1, 0.15) is 0 Å². The summed E-state index contributed by atoms with van der Waals surface area (Å²) in [5, 5.41) is 0. The number of piperidine rings is 1. The smallest absolute Gasteiger partial charge is 0.0481 e. The molecule has 2 fully saturated rings. The van der Waals surface area contributed by atoms with E-state index >= 15 is 0 Å². The van der Waals surface area contributed by atoms with E-state index in [0.717, 1.165) is 52.0 Å². The van der Waals surface area contributed by atoms with Crippen molar-refractivity contribution in [2.45, 2.75) is 37.8 Å². The zero-order valence-electron chi connectivity index (χ0n) is 9.15. The highest BCUT2D eigenvalue weighted by Crippen LogP contribution is 2.17. The molecule has 15 heavy (non-hydrogen) atoms. The Hall–Kier alpha value is 0.190. The number of nitrogens with two attached hydrogens (primary N) is 1. The molecule has 0 saturated carbocycles. The molecule has 88 valence electrons. The first-order valence-electron chi connectivity index (χ1n) is 5.85. The highest BCUT2D eigenvalue weighted by atomic mass is 32.2. The Labute approximate surface area is 96.2 Å². The van der Waals surface area contributed by atoms with Gasteiger partial charge in [0.2, 0.25) is 0 Å². The minimum Gasteiger partial charge on any atom is -0.381 e. The number of rotatable bonds is 3. The Morgan fingerprint density at radius 2 is 1.80 bits per heavy atom. The Balaban J connectivity index is 1.60. The summed E-state index contributed by atoms with van der Waals surface area (Å²) in [6, 6.07) is 1.05. The molecule has 0 aliphatic carbocycles. The summed E-state index contributed by atoms with van der Waals surface area (Å²) >= 11 is 1.78. The molecule has 2 aliphatic rings. The van der Waals surface area contributed by atoms with Crippen LogP contribution < -0.4 is 10.5 Å². The molecule has 3 N–H and O–H groups in total. The van der Waals surface area contributed by atoms with Gasteiger partial charge in [-0.25, -0.2) is 9.03 Å². The van der Waals surface area contributed by atoms with Crippen molar-refractivity contribution in [1.82, 2.24) is 9.03 Å². The van der Waals surface area contributed by atoms with E-state index in [4.69, 9.17) is 10.5 Å². The SMILES string of the molecule is NC1CCN(SNC2CCOCC2)CC1. The molecule has 0 amide bonds. The molecule has 2 aliphatic heterocycles. The summed E-state index contributed by atoms with van der Waals surface area (Å²) in [6.45, 7) is 4.04. The van der Waals surface area contributed by atoms with Crippen LogP contribution in [0.2, 0.25) is 0 Å². The third-order valence-electron chi connectivity index (χ3n) is 3.07. The van der Waals surface area contributed by atoms with E-state index in [1.807, 2.05) is 0 Å². The summed E-state index contributed by atoms with van der Waals surface area (Å²) in [5.41, 5.74) is 5.86. The first-order chi connectivity index (χ1) is 7.34. The van der Waals surface area contributed by atoms with Crippen LogP contribution in [-0.4, -0.2) is 42.7 Å². The van der Waals surface area contributed by atoms with Gasteiger partial charge < -0.3 is 10.5 Å². The first kappa shape index (κ1) is 11.7. The molecule has 0 bridgehead atoms. The molecule has 0 aromatic rings. The lowest BCUT2D eigenvalue weighted by Gasteiger charge is -2.31. The summed E-state index contributed by atoms with van der Waals surface area (Å²) in [5.74, 6) is 0. The lowest BCUT2D eigenvalue weighted by Crippen LogP contribution is -2.39. The van der Waals surface area contributed by atoms with Crippen LogP contribution in [0.4, 0.5) is 0 Å². The van der Waals surface area contributed by atoms with Crippen molar-refractivity contribution in [1.29, 1.82) is 0 Å². The van der Waals surface area contributed by atoms with E-state index in [1.165, 1.54) is 0 Å². The van der Waals surface area contributed by atoms with E-state index < -0.39 is 0 Å². The Morgan fingerprint density at radius 1 is 1.13 bits per heavy atom. The minimum absolute atomic E-state index is 0.421. The molecule has 2 rings (SSSR count).